The Morgan fingerprint density at radius 1 is 1.28 bits per heavy atom. The molecule has 0 saturated heterocycles. The molecule has 1 heterocycles. The van der Waals surface area contributed by atoms with Crippen LogP contribution in [0.3, 0.4) is 0 Å². The summed E-state index contributed by atoms with van der Waals surface area (Å²) >= 11 is 0. The number of benzene rings is 1. The van der Waals surface area contributed by atoms with Gasteiger partial charge in [-0.25, -0.2) is 9.37 Å². The highest BCUT2D eigenvalue weighted by atomic mass is 19.1. The quantitative estimate of drug-likeness (QED) is 0.878. The lowest BCUT2D eigenvalue weighted by Gasteiger charge is -2.03. The molecule has 0 aliphatic heterocycles. The molecule has 3 nitrogen and oxygen atoms in total. The summed E-state index contributed by atoms with van der Waals surface area (Å²) in [5.74, 6) is 1.81. The third-order valence-electron chi connectivity index (χ3n) is 3.69. The Balaban J connectivity index is 1.94. The summed E-state index contributed by atoms with van der Waals surface area (Å²) < 4.78 is 13.3. The van der Waals surface area contributed by atoms with Crippen LogP contribution in [-0.4, -0.2) is 15.2 Å². The number of aromatic nitrogens is 3. The van der Waals surface area contributed by atoms with Crippen molar-refractivity contribution in [2.75, 3.05) is 0 Å². The highest BCUT2D eigenvalue weighted by Gasteiger charge is 2.21. The second-order valence-corrected chi connectivity index (χ2v) is 4.98. The predicted octanol–water partition coefficient (Wildman–Crippen LogP) is 3.58. The topological polar surface area (TPSA) is 41.6 Å². The monoisotopic (exact) mass is 245 g/mol. The molecule has 0 atom stereocenters. The molecule has 1 aliphatic carbocycles. The Morgan fingerprint density at radius 2 is 2.06 bits per heavy atom. The molecule has 3 rings (SSSR count). The van der Waals surface area contributed by atoms with E-state index in [1.54, 1.807) is 6.07 Å². The fourth-order valence-corrected chi connectivity index (χ4v) is 2.61. The first-order chi connectivity index (χ1) is 8.74. The van der Waals surface area contributed by atoms with Gasteiger partial charge in [0.1, 0.15) is 11.6 Å². The molecular formula is C14H16FN3. The molecule has 1 fully saturated rings. The number of hydrogen-bond donors (Lipinski definition) is 1. The Hall–Kier alpha value is -1.71. The summed E-state index contributed by atoms with van der Waals surface area (Å²) in [6.45, 7) is 1.94. The van der Waals surface area contributed by atoms with E-state index >= 15 is 0 Å². The lowest BCUT2D eigenvalue weighted by molar-refractivity contribution is 0.627. The van der Waals surface area contributed by atoms with Gasteiger partial charge in [0, 0.05) is 11.5 Å². The van der Waals surface area contributed by atoms with Gasteiger partial charge in [0.05, 0.1) is 0 Å². The van der Waals surface area contributed by atoms with Crippen molar-refractivity contribution < 1.29 is 4.39 Å². The molecule has 0 spiro atoms. The van der Waals surface area contributed by atoms with Gasteiger partial charge in [0.2, 0.25) is 0 Å². The molecule has 1 aliphatic rings. The number of nitrogens with zero attached hydrogens (tertiary/aromatic N) is 2. The van der Waals surface area contributed by atoms with E-state index in [2.05, 4.69) is 15.2 Å². The summed E-state index contributed by atoms with van der Waals surface area (Å²) in [5, 5.41) is 7.24. The van der Waals surface area contributed by atoms with Crippen molar-refractivity contribution in [3.05, 3.63) is 35.4 Å². The minimum absolute atomic E-state index is 0.247. The molecule has 1 N–H and O–H groups in total. The third kappa shape index (κ3) is 2.03. The molecular weight excluding hydrogens is 229 g/mol. The molecule has 94 valence electrons. The van der Waals surface area contributed by atoms with Gasteiger partial charge in [-0.3, -0.25) is 5.10 Å². The van der Waals surface area contributed by atoms with Crippen molar-refractivity contribution in [3.8, 4) is 11.4 Å². The normalized spacial score (nSPS) is 16.3. The van der Waals surface area contributed by atoms with Crippen molar-refractivity contribution >= 4 is 0 Å². The van der Waals surface area contributed by atoms with Crippen molar-refractivity contribution in [1.29, 1.82) is 0 Å². The second kappa shape index (κ2) is 4.52. The van der Waals surface area contributed by atoms with Crippen LogP contribution in [0.1, 0.15) is 43.0 Å². The van der Waals surface area contributed by atoms with E-state index < -0.39 is 0 Å². The number of halogens is 1. The highest BCUT2D eigenvalue weighted by Crippen LogP contribution is 2.33. The number of hydrogen-bond acceptors (Lipinski definition) is 2. The zero-order valence-electron chi connectivity index (χ0n) is 10.4. The molecule has 1 aromatic carbocycles. The average Bonchev–Trinajstić information content (AvgIpc) is 3.00. The van der Waals surface area contributed by atoms with Gasteiger partial charge < -0.3 is 0 Å². The van der Waals surface area contributed by atoms with Gasteiger partial charge in [0.25, 0.3) is 0 Å². The molecule has 0 unspecified atom stereocenters. The highest BCUT2D eigenvalue weighted by molar-refractivity contribution is 5.59. The van der Waals surface area contributed by atoms with Crippen LogP contribution in [0.2, 0.25) is 0 Å². The van der Waals surface area contributed by atoms with Crippen LogP contribution in [-0.2, 0) is 0 Å². The van der Waals surface area contributed by atoms with Gasteiger partial charge >= 0.3 is 0 Å². The number of rotatable bonds is 2. The molecule has 0 amide bonds. The molecule has 18 heavy (non-hydrogen) atoms. The minimum Gasteiger partial charge on any atom is -0.262 e. The lowest BCUT2D eigenvalue weighted by atomic mass is 10.1. The zero-order valence-corrected chi connectivity index (χ0v) is 10.4. The first-order valence-corrected chi connectivity index (χ1v) is 6.43. The van der Waals surface area contributed by atoms with Crippen molar-refractivity contribution in [1.82, 2.24) is 15.2 Å². The summed E-state index contributed by atoms with van der Waals surface area (Å²) in [5.41, 5.74) is 1.77. The van der Waals surface area contributed by atoms with Crippen molar-refractivity contribution in [2.45, 2.75) is 38.5 Å². The van der Waals surface area contributed by atoms with E-state index in [-0.39, 0.29) is 5.82 Å². The Labute approximate surface area is 105 Å². The minimum atomic E-state index is -0.247. The van der Waals surface area contributed by atoms with E-state index in [0.29, 0.717) is 11.7 Å². The van der Waals surface area contributed by atoms with Crippen LogP contribution in [0.4, 0.5) is 4.39 Å². The first-order valence-electron chi connectivity index (χ1n) is 6.43. The number of nitrogens with one attached hydrogen (secondary N) is 1. The fourth-order valence-electron chi connectivity index (χ4n) is 2.61. The van der Waals surface area contributed by atoms with Gasteiger partial charge in [0.15, 0.2) is 5.82 Å². The van der Waals surface area contributed by atoms with Gasteiger partial charge in [-0.05, 0) is 37.5 Å². The number of H-pyrrole nitrogens is 1. The van der Waals surface area contributed by atoms with Gasteiger partial charge in [-0.15, -0.1) is 0 Å². The fraction of sp³-hybridized carbons (Fsp3) is 0.429. The van der Waals surface area contributed by atoms with E-state index in [4.69, 9.17) is 0 Å². The van der Waals surface area contributed by atoms with E-state index in [1.165, 1.54) is 37.8 Å². The largest absolute Gasteiger partial charge is 0.262 e. The van der Waals surface area contributed by atoms with Crippen LogP contribution < -0.4 is 0 Å². The SMILES string of the molecule is Cc1ccc(F)cc1-c1n[nH]c(C2CCCC2)n1. The number of aryl methyl sites for hydroxylation is 1. The maximum Gasteiger partial charge on any atom is 0.181 e. The summed E-state index contributed by atoms with van der Waals surface area (Å²) in [7, 11) is 0. The molecule has 1 saturated carbocycles. The first kappa shape index (κ1) is 11.4. The second-order valence-electron chi connectivity index (χ2n) is 4.98. The van der Waals surface area contributed by atoms with Crippen LogP contribution in [0.25, 0.3) is 11.4 Å². The van der Waals surface area contributed by atoms with Crippen LogP contribution in [0.5, 0.6) is 0 Å². The summed E-state index contributed by atoms with van der Waals surface area (Å²) in [4.78, 5) is 4.53. The van der Waals surface area contributed by atoms with Crippen LogP contribution in [0, 0.1) is 12.7 Å². The lowest BCUT2D eigenvalue weighted by Crippen LogP contribution is -1.94. The molecule has 2 aromatic rings. The third-order valence-corrected chi connectivity index (χ3v) is 3.69. The van der Waals surface area contributed by atoms with Crippen LogP contribution >= 0.6 is 0 Å². The average molecular weight is 245 g/mol. The van der Waals surface area contributed by atoms with E-state index in [9.17, 15) is 4.39 Å². The maximum atomic E-state index is 13.3. The van der Waals surface area contributed by atoms with E-state index in [0.717, 1.165) is 17.0 Å². The zero-order chi connectivity index (χ0) is 12.5. The van der Waals surface area contributed by atoms with Gasteiger partial charge in [-0.2, -0.15) is 5.10 Å². The Morgan fingerprint density at radius 3 is 2.83 bits per heavy atom. The maximum absolute atomic E-state index is 13.3. The molecule has 0 radical (unpaired) electrons. The summed E-state index contributed by atoms with van der Waals surface area (Å²) in [6, 6.07) is 4.72. The smallest absolute Gasteiger partial charge is 0.181 e. The van der Waals surface area contributed by atoms with E-state index in [1.807, 2.05) is 6.92 Å². The van der Waals surface area contributed by atoms with Gasteiger partial charge in [-0.1, -0.05) is 18.9 Å². The molecule has 1 aromatic heterocycles. The molecule has 4 heteroatoms. The Bertz CT molecular complexity index is 556. The van der Waals surface area contributed by atoms with Crippen LogP contribution in [0.15, 0.2) is 18.2 Å². The van der Waals surface area contributed by atoms with Crippen molar-refractivity contribution in [3.63, 3.8) is 0 Å². The molecule has 0 bridgehead atoms. The standard InChI is InChI=1S/C14H16FN3/c1-9-6-7-11(15)8-12(9)14-16-13(17-18-14)10-4-2-3-5-10/h6-8,10H,2-5H2,1H3,(H,16,17,18). The Kier molecular flexibility index (Phi) is 2.86. The summed E-state index contributed by atoms with van der Waals surface area (Å²) in [6.07, 6.45) is 4.88. The van der Waals surface area contributed by atoms with Crippen molar-refractivity contribution in [2.24, 2.45) is 0 Å². The number of aromatic amines is 1. The predicted molar refractivity (Wildman–Crippen MR) is 67.7 cm³/mol.